The van der Waals surface area contributed by atoms with Gasteiger partial charge in [-0.25, -0.2) is 4.52 Å². The number of nitroso groups, excluding NO2 is 1. The molecule has 1 N–H and O–H groups in total. The topological polar surface area (TPSA) is 75.4 Å². The predicted molar refractivity (Wildman–Crippen MR) is 67.7 cm³/mol. The Morgan fingerprint density at radius 3 is 2.83 bits per heavy atom. The Hall–Kier alpha value is -2.50. The van der Waals surface area contributed by atoms with Gasteiger partial charge in [-0.1, -0.05) is 23.8 Å². The minimum Gasteiger partial charge on any atom is -0.293 e. The average molecular weight is 241 g/mol. The molecule has 0 atom stereocenters. The minimum atomic E-state index is 0.307. The van der Waals surface area contributed by atoms with E-state index >= 15 is 0 Å². The molecule has 1 aromatic carbocycles. The van der Waals surface area contributed by atoms with Crippen molar-refractivity contribution in [1.29, 1.82) is 0 Å². The van der Waals surface area contributed by atoms with Crippen molar-refractivity contribution in [2.45, 2.75) is 13.8 Å². The van der Waals surface area contributed by atoms with Crippen LogP contribution in [0.15, 0.2) is 29.4 Å². The van der Waals surface area contributed by atoms with E-state index in [-0.39, 0.29) is 0 Å². The molecule has 2 aromatic heterocycles. The summed E-state index contributed by atoms with van der Waals surface area (Å²) in [5.41, 5.74) is 3.53. The van der Waals surface area contributed by atoms with Crippen LogP contribution in [-0.4, -0.2) is 19.8 Å². The summed E-state index contributed by atoms with van der Waals surface area (Å²) in [7, 11) is 0. The molecule has 6 nitrogen and oxygen atoms in total. The Balaban J connectivity index is 2.28. The van der Waals surface area contributed by atoms with Gasteiger partial charge < -0.3 is 0 Å². The van der Waals surface area contributed by atoms with Crippen LogP contribution >= 0.6 is 0 Å². The molecule has 0 bridgehead atoms. The van der Waals surface area contributed by atoms with E-state index in [0.29, 0.717) is 22.9 Å². The standard InChI is InChI=1S/C12H11N5O/c1-7-4-3-5-9(6-7)11-13-14-12-10(16-18)8(2)15-17(11)12/h3-6,15H,1-2H3. The summed E-state index contributed by atoms with van der Waals surface area (Å²) < 4.78 is 1.68. The van der Waals surface area contributed by atoms with Gasteiger partial charge in [-0.2, -0.15) is 0 Å². The number of fused-ring (bicyclic) bond motifs is 1. The minimum absolute atomic E-state index is 0.307. The lowest BCUT2D eigenvalue weighted by Crippen LogP contribution is -1.90. The normalized spacial score (nSPS) is 11.0. The van der Waals surface area contributed by atoms with Crippen molar-refractivity contribution in [2.24, 2.45) is 5.18 Å². The summed E-state index contributed by atoms with van der Waals surface area (Å²) in [6.07, 6.45) is 0. The van der Waals surface area contributed by atoms with Crippen molar-refractivity contribution in [3.8, 4) is 11.4 Å². The summed E-state index contributed by atoms with van der Waals surface area (Å²) in [6, 6.07) is 7.94. The average Bonchev–Trinajstić information content (AvgIpc) is 2.86. The summed E-state index contributed by atoms with van der Waals surface area (Å²) in [4.78, 5) is 10.8. The maximum absolute atomic E-state index is 10.8. The maximum Gasteiger partial charge on any atom is 0.207 e. The van der Waals surface area contributed by atoms with Crippen LogP contribution in [0.3, 0.4) is 0 Å². The van der Waals surface area contributed by atoms with Crippen LogP contribution < -0.4 is 0 Å². The van der Waals surface area contributed by atoms with Crippen molar-refractivity contribution >= 4 is 11.3 Å². The van der Waals surface area contributed by atoms with Crippen molar-refractivity contribution < 1.29 is 0 Å². The second kappa shape index (κ2) is 3.76. The molecular weight excluding hydrogens is 230 g/mol. The van der Waals surface area contributed by atoms with E-state index in [0.717, 1.165) is 11.1 Å². The third-order valence-electron chi connectivity index (χ3n) is 2.88. The Morgan fingerprint density at radius 2 is 2.11 bits per heavy atom. The fraction of sp³-hybridized carbons (Fsp3) is 0.167. The van der Waals surface area contributed by atoms with Gasteiger partial charge in [-0.3, -0.25) is 5.10 Å². The van der Waals surface area contributed by atoms with E-state index in [2.05, 4.69) is 20.5 Å². The van der Waals surface area contributed by atoms with Crippen molar-refractivity contribution in [2.75, 3.05) is 0 Å². The molecule has 0 unspecified atom stereocenters. The lowest BCUT2D eigenvalue weighted by atomic mass is 10.1. The summed E-state index contributed by atoms with van der Waals surface area (Å²) in [5.74, 6) is 0.673. The van der Waals surface area contributed by atoms with Crippen LogP contribution in [0, 0.1) is 18.8 Å². The SMILES string of the molecule is Cc1cccc(-c2nnc3c(N=O)c(C)[nH]n23)c1. The van der Waals surface area contributed by atoms with Crippen LogP contribution in [-0.2, 0) is 0 Å². The fourth-order valence-electron chi connectivity index (χ4n) is 2.01. The van der Waals surface area contributed by atoms with Crippen LogP contribution in [0.5, 0.6) is 0 Å². The van der Waals surface area contributed by atoms with E-state index in [1.54, 1.807) is 11.4 Å². The number of H-pyrrole nitrogens is 1. The number of hydrogen-bond acceptors (Lipinski definition) is 4. The second-order valence-electron chi connectivity index (χ2n) is 4.23. The molecule has 6 heteroatoms. The highest BCUT2D eigenvalue weighted by molar-refractivity contribution is 5.70. The highest BCUT2D eigenvalue weighted by atomic mass is 16.3. The third kappa shape index (κ3) is 1.42. The number of nitrogens with zero attached hydrogens (tertiary/aromatic N) is 4. The molecule has 0 saturated heterocycles. The second-order valence-corrected chi connectivity index (χ2v) is 4.23. The van der Waals surface area contributed by atoms with E-state index in [4.69, 9.17) is 0 Å². The van der Waals surface area contributed by atoms with Crippen molar-refractivity contribution in [1.82, 2.24) is 19.8 Å². The molecule has 3 aromatic rings. The first-order valence-electron chi connectivity index (χ1n) is 5.55. The van der Waals surface area contributed by atoms with Gasteiger partial charge in [-0.05, 0) is 25.1 Å². The third-order valence-corrected chi connectivity index (χ3v) is 2.88. The van der Waals surface area contributed by atoms with Gasteiger partial charge in [0.05, 0.1) is 5.69 Å². The molecule has 0 saturated carbocycles. The maximum atomic E-state index is 10.8. The smallest absolute Gasteiger partial charge is 0.207 e. The number of nitrogens with one attached hydrogen (secondary N) is 1. The Kier molecular flexibility index (Phi) is 2.22. The lowest BCUT2D eigenvalue weighted by Gasteiger charge is -1.98. The predicted octanol–water partition coefficient (Wildman–Crippen LogP) is 2.74. The monoisotopic (exact) mass is 241 g/mol. The molecule has 2 heterocycles. The molecular formula is C12H11N5O. The van der Waals surface area contributed by atoms with Gasteiger partial charge in [-0.15, -0.1) is 15.1 Å². The number of hydrogen-bond donors (Lipinski definition) is 1. The molecule has 0 aliphatic heterocycles. The molecule has 0 radical (unpaired) electrons. The van der Waals surface area contributed by atoms with Crippen LogP contribution in [0.4, 0.5) is 5.69 Å². The van der Waals surface area contributed by atoms with Crippen LogP contribution in [0.1, 0.15) is 11.3 Å². The largest absolute Gasteiger partial charge is 0.293 e. The molecule has 0 spiro atoms. The van der Waals surface area contributed by atoms with Gasteiger partial charge in [0.15, 0.2) is 11.5 Å². The van der Waals surface area contributed by atoms with E-state index in [1.807, 2.05) is 31.2 Å². The molecule has 0 amide bonds. The Bertz CT molecular complexity index is 740. The van der Waals surface area contributed by atoms with Crippen molar-refractivity contribution in [3.63, 3.8) is 0 Å². The molecule has 3 rings (SSSR count). The zero-order valence-corrected chi connectivity index (χ0v) is 10.0. The molecule has 0 fully saturated rings. The number of rotatable bonds is 2. The Labute approximate surface area is 103 Å². The van der Waals surface area contributed by atoms with E-state index in [9.17, 15) is 4.91 Å². The van der Waals surface area contributed by atoms with Crippen LogP contribution in [0.25, 0.3) is 17.0 Å². The van der Waals surface area contributed by atoms with Gasteiger partial charge in [0.1, 0.15) is 0 Å². The van der Waals surface area contributed by atoms with Gasteiger partial charge in [0, 0.05) is 5.56 Å². The highest BCUT2D eigenvalue weighted by Crippen LogP contribution is 2.27. The first-order valence-corrected chi connectivity index (χ1v) is 5.55. The first kappa shape index (κ1) is 10.6. The number of aryl methyl sites for hydroxylation is 2. The van der Waals surface area contributed by atoms with Gasteiger partial charge in [0.2, 0.25) is 5.65 Å². The zero-order valence-electron chi connectivity index (χ0n) is 10.0. The van der Waals surface area contributed by atoms with Gasteiger partial charge in [0.25, 0.3) is 0 Å². The van der Waals surface area contributed by atoms with E-state index < -0.39 is 0 Å². The van der Waals surface area contributed by atoms with E-state index in [1.165, 1.54) is 0 Å². The quantitative estimate of drug-likeness (QED) is 0.701. The number of aromatic nitrogens is 4. The summed E-state index contributed by atoms with van der Waals surface area (Å²) >= 11 is 0. The molecule has 18 heavy (non-hydrogen) atoms. The molecule has 90 valence electrons. The lowest BCUT2D eigenvalue weighted by molar-refractivity contribution is 0.938. The zero-order chi connectivity index (χ0) is 12.7. The number of aromatic amines is 1. The molecule has 0 aliphatic carbocycles. The van der Waals surface area contributed by atoms with Crippen LogP contribution in [0.2, 0.25) is 0 Å². The first-order chi connectivity index (χ1) is 8.70. The highest BCUT2D eigenvalue weighted by Gasteiger charge is 2.16. The summed E-state index contributed by atoms with van der Waals surface area (Å²) in [6.45, 7) is 3.80. The van der Waals surface area contributed by atoms with Crippen molar-refractivity contribution in [3.05, 3.63) is 40.4 Å². The molecule has 0 aliphatic rings. The number of benzene rings is 1. The van der Waals surface area contributed by atoms with Gasteiger partial charge >= 0.3 is 0 Å². The Morgan fingerprint density at radius 1 is 1.28 bits per heavy atom. The fourth-order valence-corrected chi connectivity index (χ4v) is 2.01. The summed E-state index contributed by atoms with van der Waals surface area (Å²) in [5, 5.41) is 14.1.